The predicted octanol–water partition coefficient (Wildman–Crippen LogP) is 4.40. The summed E-state index contributed by atoms with van der Waals surface area (Å²) in [5, 5.41) is 0. The molecule has 1 unspecified atom stereocenters. The minimum Gasteiger partial charge on any atom is -0.466 e. The first-order chi connectivity index (χ1) is 10.1. The largest absolute Gasteiger partial charge is 0.466 e. The highest BCUT2D eigenvalue weighted by molar-refractivity contribution is 5.70. The molecule has 0 aliphatic rings. The molecule has 0 aromatic rings. The summed E-state index contributed by atoms with van der Waals surface area (Å²) in [5.74, 6) is -0.247. The first kappa shape index (κ1) is 19.9. The van der Waals surface area contributed by atoms with E-state index in [0.717, 1.165) is 51.4 Å². The maximum Gasteiger partial charge on any atom is 0.306 e. The molecule has 0 N–H and O–H groups in total. The molecule has 0 saturated heterocycles. The van der Waals surface area contributed by atoms with E-state index in [9.17, 15) is 9.59 Å². The van der Waals surface area contributed by atoms with Crippen LogP contribution < -0.4 is 0 Å². The molecular weight excluding hydrogens is 268 g/mol. The molecular formula is C17H32O4. The Morgan fingerprint density at radius 1 is 0.857 bits per heavy atom. The fourth-order valence-corrected chi connectivity index (χ4v) is 2.07. The van der Waals surface area contributed by atoms with Gasteiger partial charge < -0.3 is 9.47 Å². The summed E-state index contributed by atoms with van der Waals surface area (Å²) in [6.45, 7) is 6.66. The second kappa shape index (κ2) is 13.9. The molecule has 0 spiro atoms. The number of hydrogen-bond donors (Lipinski definition) is 0. The third kappa shape index (κ3) is 13.7. The highest BCUT2D eigenvalue weighted by Gasteiger charge is 2.08. The van der Waals surface area contributed by atoms with Gasteiger partial charge in [0, 0.05) is 12.8 Å². The fourth-order valence-electron chi connectivity index (χ4n) is 2.07. The van der Waals surface area contributed by atoms with E-state index in [-0.39, 0.29) is 18.0 Å². The van der Waals surface area contributed by atoms with Crippen LogP contribution in [0.25, 0.3) is 0 Å². The van der Waals surface area contributed by atoms with Crippen LogP contribution in [0.15, 0.2) is 0 Å². The van der Waals surface area contributed by atoms with Crippen LogP contribution in [0.3, 0.4) is 0 Å². The Morgan fingerprint density at radius 3 is 2.14 bits per heavy atom. The Bertz CT molecular complexity index is 276. The van der Waals surface area contributed by atoms with Gasteiger partial charge in [-0.3, -0.25) is 9.59 Å². The van der Waals surface area contributed by atoms with Crippen molar-refractivity contribution >= 4 is 11.9 Å². The third-order valence-corrected chi connectivity index (χ3v) is 3.30. The summed E-state index contributed by atoms with van der Waals surface area (Å²) in [7, 11) is 0. The van der Waals surface area contributed by atoms with Crippen LogP contribution in [0.4, 0.5) is 0 Å². The van der Waals surface area contributed by atoms with Crippen molar-refractivity contribution in [2.24, 2.45) is 0 Å². The summed E-state index contributed by atoms with van der Waals surface area (Å²) in [6, 6.07) is 0. The molecule has 4 heteroatoms. The maximum absolute atomic E-state index is 11.5. The van der Waals surface area contributed by atoms with Gasteiger partial charge in [-0.15, -0.1) is 0 Å². The fraction of sp³-hybridized carbons (Fsp3) is 0.882. The zero-order valence-corrected chi connectivity index (χ0v) is 14.0. The number of carbonyl (C=O) groups excluding carboxylic acids is 2. The zero-order valence-electron chi connectivity index (χ0n) is 14.0. The van der Waals surface area contributed by atoms with Crippen molar-refractivity contribution in [3.05, 3.63) is 0 Å². The number of ether oxygens (including phenoxy) is 2. The molecule has 21 heavy (non-hydrogen) atoms. The van der Waals surface area contributed by atoms with Crippen LogP contribution in [0, 0.1) is 0 Å². The number of unbranched alkanes of at least 4 members (excludes halogenated alkanes) is 4. The van der Waals surface area contributed by atoms with Crippen molar-refractivity contribution < 1.29 is 19.1 Å². The van der Waals surface area contributed by atoms with Crippen molar-refractivity contribution in [1.29, 1.82) is 0 Å². The normalized spacial score (nSPS) is 12.0. The second-order valence-corrected chi connectivity index (χ2v) is 5.58. The van der Waals surface area contributed by atoms with Crippen molar-refractivity contribution in [2.75, 3.05) is 6.61 Å². The van der Waals surface area contributed by atoms with Crippen molar-refractivity contribution in [2.45, 2.75) is 91.1 Å². The van der Waals surface area contributed by atoms with E-state index in [2.05, 4.69) is 13.8 Å². The third-order valence-electron chi connectivity index (χ3n) is 3.30. The first-order valence-electron chi connectivity index (χ1n) is 8.45. The van der Waals surface area contributed by atoms with Gasteiger partial charge in [0.25, 0.3) is 0 Å². The molecule has 124 valence electrons. The molecule has 0 aromatic carbocycles. The van der Waals surface area contributed by atoms with Gasteiger partial charge in [-0.05, 0) is 32.6 Å². The lowest BCUT2D eigenvalue weighted by Crippen LogP contribution is -2.14. The lowest BCUT2D eigenvalue weighted by molar-refractivity contribution is -0.148. The van der Waals surface area contributed by atoms with Crippen molar-refractivity contribution in [1.82, 2.24) is 0 Å². The lowest BCUT2D eigenvalue weighted by atomic mass is 10.1. The number of esters is 2. The number of rotatable bonds is 13. The van der Waals surface area contributed by atoms with Gasteiger partial charge in [-0.2, -0.15) is 0 Å². The van der Waals surface area contributed by atoms with Crippen LogP contribution in [-0.2, 0) is 19.1 Å². The molecule has 0 fully saturated rings. The van der Waals surface area contributed by atoms with Gasteiger partial charge in [-0.25, -0.2) is 0 Å². The summed E-state index contributed by atoms with van der Waals surface area (Å²) in [5.41, 5.74) is 0. The molecule has 0 heterocycles. The first-order valence-corrected chi connectivity index (χ1v) is 8.45. The average molecular weight is 300 g/mol. The Kier molecular flexibility index (Phi) is 13.2. The predicted molar refractivity (Wildman–Crippen MR) is 84.0 cm³/mol. The quantitative estimate of drug-likeness (QED) is 0.373. The van der Waals surface area contributed by atoms with Crippen LogP contribution in [0.2, 0.25) is 0 Å². The minimum atomic E-state index is -0.127. The van der Waals surface area contributed by atoms with E-state index in [1.165, 1.54) is 0 Å². The molecule has 0 aliphatic carbocycles. The van der Waals surface area contributed by atoms with Crippen LogP contribution in [-0.4, -0.2) is 24.6 Å². The minimum absolute atomic E-state index is 0.0144. The van der Waals surface area contributed by atoms with E-state index in [1.807, 2.05) is 6.92 Å². The lowest BCUT2D eigenvalue weighted by Gasteiger charge is -2.11. The average Bonchev–Trinajstić information content (AvgIpc) is 2.43. The molecule has 0 rings (SSSR count). The van der Waals surface area contributed by atoms with E-state index in [4.69, 9.17) is 9.47 Å². The summed E-state index contributed by atoms with van der Waals surface area (Å²) in [4.78, 5) is 22.9. The molecule has 0 bridgehead atoms. The molecule has 4 nitrogen and oxygen atoms in total. The van der Waals surface area contributed by atoms with Gasteiger partial charge in [0.05, 0.1) is 12.7 Å². The van der Waals surface area contributed by atoms with E-state index in [1.54, 1.807) is 0 Å². The Labute approximate surface area is 129 Å². The van der Waals surface area contributed by atoms with Gasteiger partial charge in [-0.1, -0.05) is 39.5 Å². The Hall–Kier alpha value is -1.06. The molecule has 1 atom stereocenters. The van der Waals surface area contributed by atoms with Gasteiger partial charge in [0.2, 0.25) is 0 Å². The van der Waals surface area contributed by atoms with Crippen LogP contribution in [0.1, 0.15) is 85.0 Å². The SMILES string of the molecule is CCCCCOC(=O)CCCCCC(=O)OC(C)CCC. The summed E-state index contributed by atoms with van der Waals surface area (Å²) in [6.07, 6.45) is 8.45. The zero-order chi connectivity index (χ0) is 15.9. The molecule has 0 aromatic heterocycles. The maximum atomic E-state index is 11.5. The summed E-state index contributed by atoms with van der Waals surface area (Å²) >= 11 is 0. The van der Waals surface area contributed by atoms with Gasteiger partial charge >= 0.3 is 11.9 Å². The molecule has 0 radical (unpaired) electrons. The monoisotopic (exact) mass is 300 g/mol. The van der Waals surface area contributed by atoms with E-state index >= 15 is 0 Å². The van der Waals surface area contributed by atoms with Crippen molar-refractivity contribution in [3.8, 4) is 0 Å². The second-order valence-electron chi connectivity index (χ2n) is 5.58. The van der Waals surface area contributed by atoms with Gasteiger partial charge in [0.15, 0.2) is 0 Å². The Morgan fingerprint density at radius 2 is 1.52 bits per heavy atom. The van der Waals surface area contributed by atoms with Gasteiger partial charge in [0.1, 0.15) is 0 Å². The molecule has 0 aliphatic heterocycles. The highest BCUT2D eigenvalue weighted by atomic mass is 16.5. The van der Waals surface area contributed by atoms with E-state index < -0.39 is 0 Å². The standard InChI is InChI=1S/C17H32O4/c1-4-6-10-14-20-16(18)12-8-7-9-13-17(19)21-15(3)11-5-2/h15H,4-14H2,1-3H3. The van der Waals surface area contributed by atoms with Crippen LogP contribution in [0.5, 0.6) is 0 Å². The van der Waals surface area contributed by atoms with E-state index in [0.29, 0.717) is 19.4 Å². The van der Waals surface area contributed by atoms with Crippen LogP contribution >= 0.6 is 0 Å². The smallest absolute Gasteiger partial charge is 0.306 e. The number of carbonyl (C=O) groups is 2. The molecule has 0 saturated carbocycles. The summed E-state index contributed by atoms with van der Waals surface area (Å²) < 4.78 is 10.4. The van der Waals surface area contributed by atoms with Crippen molar-refractivity contribution in [3.63, 3.8) is 0 Å². The molecule has 0 amide bonds. The topological polar surface area (TPSA) is 52.6 Å². The Balaban J connectivity index is 3.42. The highest BCUT2D eigenvalue weighted by Crippen LogP contribution is 2.08. The number of hydrogen-bond acceptors (Lipinski definition) is 4.